The number of amides is 1. The molecule has 0 bridgehead atoms. The fourth-order valence-corrected chi connectivity index (χ4v) is 4.45. The van der Waals surface area contributed by atoms with E-state index in [0.29, 0.717) is 38.7 Å². The molecule has 5 aromatic rings. The van der Waals surface area contributed by atoms with Crippen LogP contribution in [0.15, 0.2) is 59.0 Å². The second-order valence-corrected chi connectivity index (χ2v) is 8.73. The molecule has 0 unspecified atom stereocenters. The number of methoxy groups -OCH3 is 1. The van der Waals surface area contributed by atoms with Gasteiger partial charge in [0.15, 0.2) is 11.9 Å². The number of nitrogens with one attached hydrogen (secondary N) is 1. The van der Waals surface area contributed by atoms with E-state index in [0.717, 1.165) is 22.0 Å². The molecule has 3 aromatic carbocycles. The lowest BCUT2D eigenvalue weighted by molar-refractivity contribution is -0.122. The molecule has 1 atom stereocenters. The summed E-state index contributed by atoms with van der Waals surface area (Å²) in [6.07, 6.45) is -0.889. The number of benzene rings is 3. The number of carbonyl (C=O) groups is 1. The first kappa shape index (κ1) is 22.3. The number of para-hydroxylation sites is 1. The van der Waals surface area contributed by atoms with E-state index in [2.05, 4.69) is 10.3 Å². The zero-order chi connectivity index (χ0) is 24.0. The van der Waals surface area contributed by atoms with Gasteiger partial charge in [-0.25, -0.2) is 4.98 Å². The van der Waals surface area contributed by atoms with Crippen LogP contribution in [0.2, 0.25) is 10.0 Å². The average Bonchev–Trinajstić information content (AvgIpc) is 3.18. The summed E-state index contributed by atoms with van der Waals surface area (Å²) in [7, 11) is 1.55. The first-order valence-corrected chi connectivity index (χ1v) is 11.3. The molecule has 0 aliphatic carbocycles. The van der Waals surface area contributed by atoms with Crippen molar-refractivity contribution in [3.05, 3.63) is 70.3 Å². The molecular formula is C26H20Cl2N2O4. The first-order valence-electron chi connectivity index (χ1n) is 10.6. The zero-order valence-electron chi connectivity index (χ0n) is 18.6. The highest BCUT2D eigenvalue weighted by Gasteiger charge is 2.22. The summed E-state index contributed by atoms with van der Waals surface area (Å²) in [5.74, 6) is 0.416. The van der Waals surface area contributed by atoms with Gasteiger partial charge in [-0.3, -0.25) is 4.79 Å². The zero-order valence-corrected chi connectivity index (χ0v) is 20.1. The lowest BCUT2D eigenvalue weighted by atomic mass is 10.1. The van der Waals surface area contributed by atoms with Crippen LogP contribution in [0.5, 0.6) is 11.5 Å². The van der Waals surface area contributed by atoms with Crippen molar-refractivity contribution in [1.29, 1.82) is 0 Å². The summed E-state index contributed by atoms with van der Waals surface area (Å²) < 4.78 is 17.5. The number of ether oxygens (including phenoxy) is 2. The fourth-order valence-electron chi connectivity index (χ4n) is 3.89. The maximum Gasteiger partial charge on any atom is 0.265 e. The minimum Gasteiger partial charge on any atom is -0.495 e. The van der Waals surface area contributed by atoms with Crippen LogP contribution < -0.4 is 14.8 Å². The lowest BCUT2D eigenvalue weighted by Gasteiger charge is -2.18. The molecule has 1 amide bonds. The molecule has 0 radical (unpaired) electrons. The molecule has 1 N–H and O–H groups in total. The molecule has 0 saturated carbocycles. The van der Waals surface area contributed by atoms with Crippen LogP contribution in [0.25, 0.3) is 32.8 Å². The minimum atomic E-state index is -0.889. The van der Waals surface area contributed by atoms with Crippen molar-refractivity contribution in [3.8, 4) is 11.5 Å². The summed E-state index contributed by atoms with van der Waals surface area (Å²) in [6.45, 7) is 3.49. The smallest absolute Gasteiger partial charge is 0.265 e. The third kappa shape index (κ3) is 3.89. The highest BCUT2D eigenvalue weighted by Crippen LogP contribution is 2.39. The van der Waals surface area contributed by atoms with Gasteiger partial charge in [-0.1, -0.05) is 41.4 Å². The number of hydrogen-bond acceptors (Lipinski definition) is 5. The van der Waals surface area contributed by atoms with E-state index in [1.54, 1.807) is 26.2 Å². The number of aryl methyl sites for hydroxylation is 1. The SMILES string of the molecule is COc1cc2c(cc1NC(=O)[C@@H](C)Oc1c(Cl)cc(Cl)c3ccc(C)nc13)oc1ccccc12. The Bertz CT molecular complexity index is 1580. The molecule has 2 aromatic heterocycles. The summed E-state index contributed by atoms with van der Waals surface area (Å²) in [5, 5.41) is 6.16. The number of furan rings is 1. The van der Waals surface area contributed by atoms with Crippen LogP contribution in [0.3, 0.4) is 0 Å². The largest absolute Gasteiger partial charge is 0.495 e. The highest BCUT2D eigenvalue weighted by molar-refractivity contribution is 6.39. The summed E-state index contributed by atoms with van der Waals surface area (Å²) in [6, 6.07) is 16.6. The maximum atomic E-state index is 13.1. The molecule has 0 spiro atoms. The number of pyridine rings is 1. The van der Waals surface area contributed by atoms with Crippen LogP contribution >= 0.6 is 23.2 Å². The quantitative estimate of drug-likeness (QED) is 0.280. The number of aromatic nitrogens is 1. The van der Waals surface area contributed by atoms with E-state index >= 15 is 0 Å². The summed E-state index contributed by atoms with van der Waals surface area (Å²) >= 11 is 12.7. The van der Waals surface area contributed by atoms with Gasteiger partial charge in [0.05, 0.1) is 22.8 Å². The van der Waals surface area contributed by atoms with Crippen molar-refractivity contribution in [3.63, 3.8) is 0 Å². The van der Waals surface area contributed by atoms with E-state index in [-0.39, 0.29) is 10.9 Å². The minimum absolute atomic E-state index is 0.275. The third-order valence-electron chi connectivity index (χ3n) is 5.60. The molecule has 0 fully saturated rings. The molecule has 6 nitrogen and oxygen atoms in total. The van der Waals surface area contributed by atoms with Crippen molar-refractivity contribution in [2.75, 3.05) is 12.4 Å². The number of nitrogens with zero attached hydrogens (tertiary/aromatic N) is 1. The van der Waals surface area contributed by atoms with E-state index < -0.39 is 6.10 Å². The maximum absolute atomic E-state index is 13.1. The third-order valence-corrected chi connectivity index (χ3v) is 6.19. The summed E-state index contributed by atoms with van der Waals surface area (Å²) in [5.41, 5.74) is 3.13. The fraction of sp³-hybridized carbons (Fsp3) is 0.154. The first-order chi connectivity index (χ1) is 16.4. The Morgan fingerprint density at radius 2 is 1.79 bits per heavy atom. The Balaban J connectivity index is 1.46. The van der Waals surface area contributed by atoms with Gasteiger partial charge in [0.1, 0.15) is 22.4 Å². The van der Waals surface area contributed by atoms with Crippen molar-refractivity contribution in [2.24, 2.45) is 0 Å². The molecular weight excluding hydrogens is 475 g/mol. The Labute approximate surface area is 205 Å². The Morgan fingerprint density at radius 3 is 2.59 bits per heavy atom. The van der Waals surface area contributed by atoms with Crippen LogP contribution in [0.4, 0.5) is 5.69 Å². The second kappa shape index (κ2) is 8.70. The standard InChI is InChI=1S/C26H20Cl2N2O4/c1-13-8-9-16-18(27)11-19(28)25(24(16)29-13)33-14(2)26(31)30-20-12-22-17(10-23(20)32-3)15-6-4-5-7-21(15)34-22/h4-12,14H,1-3H3,(H,30,31)/t14-/m1/s1. The van der Waals surface area contributed by atoms with Gasteiger partial charge in [-0.15, -0.1) is 0 Å². The number of hydrogen-bond donors (Lipinski definition) is 1. The van der Waals surface area contributed by atoms with Crippen molar-refractivity contribution in [1.82, 2.24) is 4.98 Å². The Kier molecular flexibility index (Phi) is 5.71. The Morgan fingerprint density at radius 1 is 1.00 bits per heavy atom. The number of halogens is 2. The van der Waals surface area contributed by atoms with Crippen molar-refractivity contribution >= 4 is 67.6 Å². The van der Waals surface area contributed by atoms with E-state index in [1.807, 2.05) is 49.4 Å². The molecule has 0 saturated heterocycles. The molecule has 5 rings (SSSR count). The van der Waals surface area contributed by atoms with Crippen molar-refractivity contribution < 1.29 is 18.7 Å². The summed E-state index contributed by atoms with van der Waals surface area (Å²) in [4.78, 5) is 17.6. The van der Waals surface area contributed by atoms with Gasteiger partial charge in [0.2, 0.25) is 0 Å². The van der Waals surface area contributed by atoms with Crippen LogP contribution in [-0.2, 0) is 4.79 Å². The number of fused-ring (bicyclic) bond motifs is 4. The van der Waals surface area contributed by atoms with Gasteiger partial charge in [-0.05, 0) is 44.2 Å². The molecule has 34 heavy (non-hydrogen) atoms. The van der Waals surface area contributed by atoms with Gasteiger partial charge >= 0.3 is 0 Å². The molecule has 0 aliphatic rings. The second-order valence-electron chi connectivity index (χ2n) is 7.91. The van der Waals surface area contributed by atoms with Gasteiger partial charge in [0, 0.05) is 27.9 Å². The number of anilines is 1. The monoisotopic (exact) mass is 494 g/mol. The predicted molar refractivity (Wildman–Crippen MR) is 135 cm³/mol. The Hall–Kier alpha value is -3.48. The normalized spacial score (nSPS) is 12.3. The number of carbonyl (C=O) groups excluding carboxylic acids is 1. The number of rotatable bonds is 5. The van der Waals surface area contributed by atoms with E-state index in [4.69, 9.17) is 37.1 Å². The van der Waals surface area contributed by atoms with Gasteiger partial charge < -0.3 is 19.2 Å². The van der Waals surface area contributed by atoms with E-state index in [1.165, 1.54) is 0 Å². The lowest BCUT2D eigenvalue weighted by Crippen LogP contribution is -2.30. The van der Waals surface area contributed by atoms with Gasteiger partial charge in [-0.2, -0.15) is 0 Å². The van der Waals surface area contributed by atoms with Crippen LogP contribution in [-0.4, -0.2) is 24.1 Å². The average molecular weight is 495 g/mol. The molecule has 2 heterocycles. The molecule has 172 valence electrons. The molecule has 0 aliphatic heterocycles. The van der Waals surface area contributed by atoms with Crippen LogP contribution in [0.1, 0.15) is 12.6 Å². The van der Waals surface area contributed by atoms with E-state index in [9.17, 15) is 4.79 Å². The van der Waals surface area contributed by atoms with Crippen LogP contribution in [0, 0.1) is 6.92 Å². The van der Waals surface area contributed by atoms with Crippen molar-refractivity contribution in [2.45, 2.75) is 20.0 Å². The highest BCUT2D eigenvalue weighted by atomic mass is 35.5. The predicted octanol–water partition coefficient (Wildman–Crippen LogP) is 7.16. The topological polar surface area (TPSA) is 73.6 Å². The van der Waals surface area contributed by atoms with Gasteiger partial charge in [0.25, 0.3) is 5.91 Å². The molecule has 8 heteroatoms.